The van der Waals surface area contributed by atoms with Crippen LogP contribution in [-0.4, -0.2) is 0 Å². The number of nitrogens with zero attached hydrogens (tertiary/aromatic N) is 1. The molecule has 0 aliphatic carbocycles. The summed E-state index contributed by atoms with van der Waals surface area (Å²) in [6.07, 6.45) is 0. The fraction of sp³-hybridized carbons (Fsp3) is 0.118. The molecule has 3 aromatic rings. The van der Waals surface area contributed by atoms with Gasteiger partial charge in [0.2, 0.25) is 5.52 Å². The molecule has 3 rings (SSSR count). The Hall–Kier alpha value is -2.55. The minimum Gasteiger partial charge on any atom is -0.618 e. The molecule has 0 aliphatic heterocycles. The lowest BCUT2D eigenvalue weighted by molar-refractivity contribution is -0.584. The number of pyridine rings is 1. The average molecular weight is 265 g/mol. The van der Waals surface area contributed by atoms with Crippen molar-refractivity contribution in [1.29, 1.82) is 0 Å². The Kier molecular flexibility index (Phi) is 3.25. The summed E-state index contributed by atoms with van der Waals surface area (Å²) >= 11 is 0. The molecule has 0 atom stereocenters. The van der Waals surface area contributed by atoms with E-state index in [0.29, 0.717) is 17.8 Å². The van der Waals surface area contributed by atoms with E-state index in [-0.39, 0.29) is 0 Å². The van der Waals surface area contributed by atoms with E-state index in [2.05, 4.69) is 0 Å². The summed E-state index contributed by atoms with van der Waals surface area (Å²) in [6, 6.07) is 19.2. The quantitative estimate of drug-likeness (QED) is 0.538. The van der Waals surface area contributed by atoms with Crippen molar-refractivity contribution in [2.75, 3.05) is 0 Å². The largest absolute Gasteiger partial charge is 0.618 e. The fourth-order valence-electron chi connectivity index (χ4n) is 2.30. The maximum absolute atomic E-state index is 12.0. The van der Waals surface area contributed by atoms with Gasteiger partial charge in [0.25, 0.3) is 0 Å². The van der Waals surface area contributed by atoms with Crippen molar-refractivity contribution in [1.82, 2.24) is 0 Å². The first-order valence-corrected chi connectivity index (χ1v) is 6.54. The third kappa shape index (κ3) is 2.30. The van der Waals surface area contributed by atoms with E-state index in [4.69, 9.17) is 4.74 Å². The molecule has 3 nitrogen and oxygen atoms in total. The van der Waals surface area contributed by atoms with Gasteiger partial charge in [0.05, 0.1) is 5.39 Å². The molecule has 0 amide bonds. The molecule has 0 radical (unpaired) electrons. The lowest BCUT2D eigenvalue weighted by atomic mass is 10.1. The number of aryl methyl sites for hydroxylation is 1. The highest BCUT2D eigenvalue weighted by atomic mass is 16.5. The smallest absolute Gasteiger partial charge is 0.224 e. The summed E-state index contributed by atoms with van der Waals surface area (Å²) in [6.45, 7) is 2.26. The second-order valence-corrected chi connectivity index (χ2v) is 4.72. The Morgan fingerprint density at radius 3 is 2.50 bits per heavy atom. The molecule has 1 aromatic heterocycles. The Balaban J connectivity index is 1.97. The minimum absolute atomic E-state index is 0.451. The van der Waals surface area contributed by atoms with E-state index in [9.17, 15) is 5.21 Å². The SMILES string of the molecule is Cc1cc(COc2ccccc2)c2ccccc2[n+]1[O-]. The van der Waals surface area contributed by atoms with Gasteiger partial charge in [0, 0.05) is 24.6 Å². The Labute approximate surface area is 117 Å². The minimum atomic E-state index is 0.451. The summed E-state index contributed by atoms with van der Waals surface area (Å²) in [5.41, 5.74) is 2.38. The van der Waals surface area contributed by atoms with Crippen molar-refractivity contribution >= 4 is 10.9 Å². The first-order chi connectivity index (χ1) is 9.75. The number of para-hydroxylation sites is 2. The number of fused-ring (bicyclic) bond motifs is 1. The van der Waals surface area contributed by atoms with Crippen LogP contribution in [0.3, 0.4) is 0 Å². The standard InChI is InChI=1S/C17H15NO2/c1-13-11-14(12-20-15-7-3-2-4-8-15)16-9-5-6-10-17(16)18(13)19/h2-11H,12H2,1H3. The first-order valence-electron chi connectivity index (χ1n) is 6.54. The maximum atomic E-state index is 12.0. The zero-order valence-electron chi connectivity index (χ0n) is 11.2. The van der Waals surface area contributed by atoms with Crippen LogP contribution in [0.4, 0.5) is 0 Å². The predicted molar refractivity (Wildman–Crippen MR) is 78.4 cm³/mol. The lowest BCUT2D eigenvalue weighted by Gasteiger charge is -2.11. The Morgan fingerprint density at radius 1 is 1.00 bits per heavy atom. The molecular formula is C17H15NO2. The lowest BCUT2D eigenvalue weighted by Crippen LogP contribution is -2.31. The summed E-state index contributed by atoms with van der Waals surface area (Å²) in [7, 11) is 0. The highest BCUT2D eigenvalue weighted by Crippen LogP contribution is 2.19. The molecule has 3 heteroatoms. The van der Waals surface area contributed by atoms with Crippen molar-refractivity contribution in [3.05, 3.63) is 77.1 Å². The number of rotatable bonds is 3. The second-order valence-electron chi connectivity index (χ2n) is 4.72. The van der Waals surface area contributed by atoms with Gasteiger partial charge < -0.3 is 9.94 Å². The zero-order chi connectivity index (χ0) is 13.9. The summed E-state index contributed by atoms with van der Waals surface area (Å²) < 4.78 is 6.74. The van der Waals surface area contributed by atoms with E-state index in [1.807, 2.05) is 67.6 Å². The van der Waals surface area contributed by atoms with Crippen LogP contribution >= 0.6 is 0 Å². The molecule has 1 heterocycles. The number of aromatic nitrogens is 1. The van der Waals surface area contributed by atoms with E-state index in [1.54, 1.807) is 0 Å². The van der Waals surface area contributed by atoms with Gasteiger partial charge in [-0.1, -0.05) is 30.3 Å². The molecule has 0 saturated carbocycles. The Morgan fingerprint density at radius 2 is 1.70 bits per heavy atom. The van der Waals surface area contributed by atoms with Crippen LogP contribution in [0.1, 0.15) is 11.3 Å². The van der Waals surface area contributed by atoms with Crippen molar-refractivity contribution in [3.8, 4) is 5.75 Å². The number of ether oxygens (including phenoxy) is 1. The molecule has 100 valence electrons. The molecule has 0 unspecified atom stereocenters. The first kappa shape index (κ1) is 12.5. The number of hydrogen-bond donors (Lipinski definition) is 0. The summed E-state index contributed by atoms with van der Waals surface area (Å²) in [4.78, 5) is 0. The van der Waals surface area contributed by atoms with Crippen LogP contribution in [0.2, 0.25) is 0 Å². The van der Waals surface area contributed by atoms with Crippen LogP contribution in [0, 0.1) is 12.1 Å². The molecule has 0 fully saturated rings. The topological polar surface area (TPSA) is 36.2 Å². The van der Waals surface area contributed by atoms with Gasteiger partial charge in [-0.3, -0.25) is 0 Å². The number of hydrogen-bond acceptors (Lipinski definition) is 2. The van der Waals surface area contributed by atoms with Crippen molar-refractivity contribution in [3.63, 3.8) is 0 Å². The van der Waals surface area contributed by atoms with Crippen LogP contribution < -0.4 is 9.47 Å². The summed E-state index contributed by atoms with van der Waals surface area (Å²) in [5.74, 6) is 0.827. The molecule has 2 aromatic carbocycles. The van der Waals surface area contributed by atoms with E-state index in [0.717, 1.165) is 21.4 Å². The van der Waals surface area contributed by atoms with E-state index < -0.39 is 0 Å². The van der Waals surface area contributed by atoms with Gasteiger partial charge >= 0.3 is 0 Å². The normalized spacial score (nSPS) is 10.7. The molecule has 0 bridgehead atoms. The maximum Gasteiger partial charge on any atom is 0.224 e. The molecule has 20 heavy (non-hydrogen) atoms. The number of benzene rings is 2. The third-order valence-electron chi connectivity index (χ3n) is 3.31. The molecule has 0 saturated heterocycles. The third-order valence-corrected chi connectivity index (χ3v) is 3.31. The van der Waals surface area contributed by atoms with Gasteiger partial charge in [-0.2, -0.15) is 4.73 Å². The van der Waals surface area contributed by atoms with Crippen molar-refractivity contribution in [2.24, 2.45) is 0 Å². The monoisotopic (exact) mass is 265 g/mol. The average Bonchev–Trinajstić information content (AvgIpc) is 2.50. The van der Waals surface area contributed by atoms with Gasteiger partial charge in [0.1, 0.15) is 12.4 Å². The van der Waals surface area contributed by atoms with E-state index in [1.165, 1.54) is 0 Å². The van der Waals surface area contributed by atoms with Gasteiger partial charge in [-0.15, -0.1) is 0 Å². The van der Waals surface area contributed by atoms with Crippen LogP contribution in [-0.2, 0) is 6.61 Å². The highest BCUT2D eigenvalue weighted by Gasteiger charge is 2.12. The van der Waals surface area contributed by atoms with Crippen LogP contribution in [0.25, 0.3) is 10.9 Å². The molecular weight excluding hydrogens is 250 g/mol. The van der Waals surface area contributed by atoms with Crippen LogP contribution in [0.5, 0.6) is 5.75 Å². The van der Waals surface area contributed by atoms with E-state index >= 15 is 0 Å². The second kappa shape index (κ2) is 5.21. The Bertz CT molecular complexity index is 739. The van der Waals surface area contributed by atoms with Gasteiger partial charge in [0.15, 0.2) is 5.69 Å². The van der Waals surface area contributed by atoms with Crippen molar-refractivity contribution < 1.29 is 9.47 Å². The molecule has 0 N–H and O–H groups in total. The zero-order valence-corrected chi connectivity index (χ0v) is 11.2. The van der Waals surface area contributed by atoms with Gasteiger partial charge in [-0.05, 0) is 18.2 Å². The summed E-state index contributed by atoms with van der Waals surface area (Å²) in [5, 5.41) is 13.0. The predicted octanol–water partition coefficient (Wildman–Crippen LogP) is 3.36. The van der Waals surface area contributed by atoms with Crippen molar-refractivity contribution in [2.45, 2.75) is 13.5 Å². The highest BCUT2D eigenvalue weighted by molar-refractivity contribution is 5.79. The molecule has 0 aliphatic rings. The van der Waals surface area contributed by atoms with Crippen LogP contribution in [0.15, 0.2) is 60.7 Å². The fourth-order valence-corrected chi connectivity index (χ4v) is 2.30. The van der Waals surface area contributed by atoms with Gasteiger partial charge in [-0.25, -0.2) is 0 Å². The molecule has 0 spiro atoms.